The summed E-state index contributed by atoms with van der Waals surface area (Å²) in [6.45, 7) is 6.63. The van der Waals surface area contributed by atoms with E-state index in [1.807, 2.05) is 13.8 Å². The molecule has 0 aliphatic carbocycles. The highest BCUT2D eigenvalue weighted by molar-refractivity contribution is 5.70. The summed E-state index contributed by atoms with van der Waals surface area (Å²) in [6, 6.07) is 0. The molecule has 4 nitrogen and oxygen atoms in total. The number of carbonyl (C=O) groups is 2. The van der Waals surface area contributed by atoms with Crippen LogP contribution in [-0.2, 0) is 19.1 Å². The van der Waals surface area contributed by atoms with Crippen molar-refractivity contribution in [3.05, 3.63) is 0 Å². The van der Waals surface area contributed by atoms with Crippen molar-refractivity contribution in [2.45, 2.75) is 104 Å². The van der Waals surface area contributed by atoms with Gasteiger partial charge in [0, 0.05) is 12.8 Å². The average molecular weight is 328 g/mol. The second-order valence-corrected chi connectivity index (χ2v) is 6.28. The standard InChI is InChI=1S/C19H36O4/c1-4-6-7-8-9-10-13-17(3)23-19(21)15-12-11-14-18(20)22-16-5-2/h17H,4-16H2,1-3H3. The normalized spacial score (nSPS) is 12.0. The Morgan fingerprint density at radius 3 is 2.04 bits per heavy atom. The van der Waals surface area contributed by atoms with Gasteiger partial charge in [0.1, 0.15) is 0 Å². The molecule has 0 bridgehead atoms. The minimum absolute atomic E-state index is 0.00296. The molecule has 0 N–H and O–H groups in total. The molecule has 0 rings (SSSR count). The van der Waals surface area contributed by atoms with Gasteiger partial charge in [-0.3, -0.25) is 9.59 Å². The maximum absolute atomic E-state index is 11.7. The van der Waals surface area contributed by atoms with Crippen LogP contribution < -0.4 is 0 Å². The fourth-order valence-corrected chi connectivity index (χ4v) is 2.38. The summed E-state index contributed by atoms with van der Waals surface area (Å²) in [6.07, 6.45) is 11.5. The van der Waals surface area contributed by atoms with Crippen LogP contribution >= 0.6 is 0 Å². The minimum atomic E-state index is -0.170. The molecule has 136 valence electrons. The molecular weight excluding hydrogens is 292 g/mol. The van der Waals surface area contributed by atoms with Crippen molar-refractivity contribution < 1.29 is 19.1 Å². The summed E-state index contributed by atoms with van der Waals surface area (Å²) in [5.41, 5.74) is 0. The molecule has 23 heavy (non-hydrogen) atoms. The lowest BCUT2D eigenvalue weighted by Gasteiger charge is -2.13. The van der Waals surface area contributed by atoms with Gasteiger partial charge in [-0.2, -0.15) is 0 Å². The first-order chi connectivity index (χ1) is 11.1. The molecule has 0 aromatic rings. The average Bonchev–Trinajstić information content (AvgIpc) is 2.52. The Labute approximate surface area is 142 Å². The van der Waals surface area contributed by atoms with E-state index in [-0.39, 0.29) is 18.0 Å². The van der Waals surface area contributed by atoms with Gasteiger partial charge in [0.15, 0.2) is 0 Å². The molecule has 0 heterocycles. The van der Waals surface area contributed by atoms with Crippen LogP contribution in [0.25, 0.3) is 0 Å². The van der Waals surface area contributed by atoms with Crippen LogP contribution in [0.15, 0.2) is 0 Å². The first kappa shape index (κ1) is 21.9. The van der Waals surface area contributed by atoms with E-state index < -0.39 is 0 Å². The first-order valence-electron chi connectivity index (χ1n) is 9.45. The zero-order valence-electron chi connectivity index (χ0n) is 15.4. The highest BCUT2D eigenvalue weighted by Crippen LogP contribution is 2.11. The maximum atomic E-state index is 11.7. The Kier molecular flexibility index (Phi) is 15.1. The van der Waals surface area contributed by atoms with E-state index in [2.05, 4.69) is 6.92 Å². The zero-order valence-corrected chi connectivity index (χ0v) is 15.4. The molecule has 0 aromatic heterocycles. The van der Waals surface area contributed by atoms with Crippen molar-refractivity contribution in [3.63, 3.8) is 0 Å². The quantitative estimate of drug-likeness (QED) is 0.307. The molecule has 0 aliphatic rings. The van der Waals surface area contributed by atoms with Crippen LogP contribution in [0.2, 0.25) is 0 Å². The summed E-state index contributed by atoms with van der Waals surface area (Å²) in [5, 5.41) is 0. The molecule has 0 aromatic carbocycles. The third kappa shape index (κ3) is 15.6. The molecule has 0 spiro atoms. The van der Waals surface area contributed by atoms with Crippen LogP contribution in [0.3, 0.4) is 0 Å². The van der Waals surface area contributed by atoms with Gasteiger partial charge in [-0.25, -0.2) is 0 Å². The number of esters is 2. The van der Waals surface area contributed by atoms with E-state index in [9.17, 15) is 9.59 Å². The Morgan fingerprint density at radius 2 is 1.39 bits per heavy atom. The van der Waals surface area contributed by atoms with Gasteiger partial charge >= 0.3 is 11.9 Å². The van der Waals surface area contributed by atoms with Gasteiger partial charge in [-0.1, -0.05) is 46.0 Å². The molecule has 0 saturated carbocycles. The Hall–Kier alpha value is -1.06. The summed E-state index contributed by atoms with van der Waals surface area (Å²) in [7, 11) is 0. The summed E-state index contributed by atoms with van der Waals surface area (Å²) < 4.78 is 10.4. The minimum Gasteiger partial charge on any atom is -0.466 e. The lowest BCUT2D eigenvalue weighted by Crippen LogP contribution is -2.14. The van der Waals surface area contributed by atoms with Gasteiger partial charge in [0.2, 0.25) is 0 Å². The molecule has 1 unspecified atom stereocenters. The van der Waals surface area contributed by atoms with Crippen molar-refractivity contribution in [1.29, 1.82) is 0 Å². The van der Waals surface area contributed by atoms with Crippen molar-refractivity contribution in [3.8, 4) is 0 Å². The molecule has 0 fully saturated rings. The van der Waals surface area contributed by atoms with Crippen LogP contribution in [0.4, 0.5) is 0 Å². The third-order valence-corrected chi connectivity index (χ3v) is 3.78. The van der Waals surface area contributed by atoms with E-state index >= 15 is 0 Å². The lowest BCUT2D eigenvalue weighted by molar-refractivity contribution is -0.149. The summed E-state index contributed by atoms with van der Waals surface area (Å²) in [5.74, 6) is -0.318. The molecule has 4 heteroatoms. The van der Waals surface area contributed by atoms with Crippen molar-refractivity contribution in [1.82, 2.24) is 0 Å². The highest BCUT2D eigenvalue weighted by atomic mass is 16.5. The largest absolute Gasteiger partial charge is 0.466 e. The van der Waals surface area contributed by atoms with Crippen molar-refractivity contribution >= 4 is 11.9 Å². The number of hydrogen-bond acceptors (Lipinski definition) is 4. The van der Waals surface area contributed by atoms with Crippen LogP contribution in [0, 0.1) is 0 Å². The summed E-state index contributed by atoms with van der Waals surface area (Å²) in [4.78, 5) is 23.0. The number of carbonyl (C=O) groups excluding carboxylic acids is 2. The Balaban J connectivity index is 3.48. The van der Waals surface area contributed by atoms with Crippen molar-refractivity contribution in [2.75, 3.05) is 6.61 Å². The van der Waals surface area contributed by atoms with Crippen LogP contribution in [0.1, 0.15) is 97.8 Å². The first-order valence-corrected chi connectivity index (χ1v) is 9.45. The van der Waals surface area contributed by atoms with Gasteiger partial charge < -0.3 is 9.47 Å². The SMILES string of the molecule is CCCCCCCCC(C)OC(=O)CCCCC(=O)OCCC. The maximum Gasteiger partial charge on any atom is 0.306 e. The predicted molar refractivity (Wildman–Crippen MR) is 93.3 cm³/mol. The molecule has 0 aliphatic heterocycles. The lowest BCUT2D eigenvalue weighted by atomic mass is 10.1. The molecule has 0 radical (unpaired) electrons. The Morgan fingerprint density at radius 1 is 0.783 bits per heavy atom. The smallest absolute Gasteiger partial charge is 0.306 e. The van der Waals surface area contributed by atoms with Crippen LogP contribution in [0.5, 0.6) is 0 Å². The fraction of sp³-hybridized carbons (Fsp3) is 0.895. The van der Waals surface area contributed by atoms with Gasteiger partial charge in [0.05, 0.1) is 12.7 Å². The molecule has 0 saturated heterocycles. The van der Waals surface area contributed by atoms with E-state index in [4.69, 9.17) is 9.47 Å². The van der Waals surface area contributed by atoms with Gasteiger partial charge in [-0.05, 0) is 39.0 Å². The highest BCUT2D eigenvalue weighted by Gasteiger charge is 2.10. The Bertz CT molecular complexity index is 302. The van der Waals surface area contributed by atoms with E-state index in [0.29, 0.717) is 32.3 Å². The van der Waals surface area contributed by atoms with E-state index in [1.165, 1.54) is 32.1 Å². The van der Waals surface area contributed by atoms with Gasteiger partial charge in [-0.15, -0.1) is 0 Å². The fourth-order valence-electron chi connectivity index (χ4n) is 2.38. The number of unbranched alkanes of at least 4 members (excludes halogenated alkanes) is 6. The second kappa shape index (κ2) is 15.8. The second-order valence-electron chi connectivity index (χ2n) is 6.28. The molecule has 0 amide bonds. The monoisotopic (exact) mass is 328 g/mol. The van der Waals surface area contributed by atoms with Gasteiger partial charge in [0.25, 0.3) is 0 Å². The zero-order chi connectivity index (χ0) is 17.3. The molecule has 1 atom stereocenters. The predicted octanol–water partition coefficient (Wildman–Crippen LogP) is 5.18. The van der Waals surface area contributed by atoms with E-state index in [1.54, 1.807) is 0 Å². The van der Waals surface area contributed by atoms with E-state index in [0.717, 1.165) is 19.3 Å². The van der Waals surface area contributed by atoms with Crippen LogP contribution in [-0.4, -0.2) is 24.6 Å². The third-order valence-electron chi connectivity index (χ3n) is 3.78. The van der Waals surface area contributed by atoms with Crippen molar-refractivity contribution in [2.24, 2.45) is 0 Å². The number of hydrogen-bond donors (Lipinski definition) is 0. The summed E-state index contributed by atoms with van der Waals surface area (Å²) >= 11 is 0. The topological polar surface area (TPSA) is 52.6 Å². The number of rotatable bonds is 15. The number of ether oxygens (including phenoxy) is 2. The molecular formula is C19H36O4.